The van der Waals surface area contributed by atoms with Crippen molar-refractivity contribution in [2.45, 2.75) is 12.8 Å². The minimum atomic E-state index is -0.384. The number of benzene rings is 1. The lowest BCUT2D eigenvalue weighted by atomic mass is 9.97. The molecule has 146 valence electrons. The summed E-state index contributed by atoms with van der Waals surface area (Å²) in [7, 11) is 0. The molecule has 27 heavy (non-hydrogen) atoms. The van der Waals surface area contributed by atoms with E-state index in [1.807, 2.05) is 4.90 Å². The third kappa shape index (κ3) is 5.27. The summed E-state index contributed by atoms with van der Waals surface area (Å²) in [6, 6.07) is 7.00. The Hall–Kier alpha value is -2.45. The van der Waals surface area contributed by atoms with Crippen LogP contribution in [0.15, 0.2) is 24.3 Å². The zero-order valence-corrected chi connectivity index (χ0v) is 15.4. The first-order chi connectivity index (χ1) is 13.0. The van der Waals surface area contributed by atoms with E-state index in [1.54, 1.807) is 29.2 Å². The zero-order chi connectivity index (χ0) is 19.2. The monoisotopic (exact) mass is 374 g/mol. The van der Waals surface area contributed by atoms with E-state index in [-0.39, 0.29) is 30.2 Å². The van der Waals surface area contributed by atoms with E-state index in [0.717, 1.165) is 19.4 Å². The molecule has 1 atom stereocenters. The maximum absolute atomic E-state index is 12.6. The molecular weight excluding hydrogens is 348 g/mol. The second kappa shape index (κ2) is 8.96. The fourth-order valence-electron chi connectivity index (χ4n) is 3.56. The number of nitrogens with zero attached hydrogens (tertiary/aromatic N) is 2. The van der Waals surface area contributed by atoms with Crippen LogP contribution in [0.5, 0.6) is 0 Å². The van der Waals surface area contributed by atoms with Crippen LogP contribution in [-0.4, -0.2) is 73.5 Å². The summed E-state index contributed by atoms with van der Waals surface area (Å²) in [6.45, 7) is 3.71. The van der Waals surface area contributed by atoms with Gasteiger partial charge in [-0.1, -0.05) is 6.07 Å². The van der Waals surface area contributed by atoms with Gasteiger partial charge in [-0.15, -0.1) is 0 Å². The van der Waals surface area contributed by atoms with Gasteiger partial charge in [-0.05, 0) is 37.6 Å². The number of likely N-dealkylation sites (tertiary alicyclic amines) is 1. The molecule has 0 spiro atoms. The lowest BCUT2D eigenvalue weighted by Crippen LogP contribution is -2.44. The molecule has 0 radical (unpaired) electrons. The molecule has 2 aliphatic heterocycles. The summed E-state index contributed by atoms with van der Waals surface area (Å²) in [6.07, 6.45) is 1.62. The molecule has 3 N–H and O–H groups in total. The minimum absolute atomic E-state index is 0.0558. The molecule has 0 bridgehead atoms. The minimum Gasteiger partial charge on any atom is -0.378 e. The fourth-order valence-corrected chi connectivity index (χ4v) is 3.56. The highest BCUT2D eigenvalue weighted by molar-refractivity contribution is 5.97. The molecule has 0 aromatic heterocycles. The van der Waals surface area contributed by atoms with E-state index < -0.39 is 0 Å². The molecular formula is C19H26N4O4. The second-order valence-corrected chi connectivity index (χ2v) is 7.02. The van der Waals surface area contributed by atoms with Crippen molar-refractivity contribution in [1.29, 1.82) is 0 Å². The molecule has 2 heterocycles. The van der Waals surface area contributed by atoms with Crippen molar-refractivity contribution in [2.75, 3.05) is 51.3 Å². The molecule has 0 saturated carbocycles. The molecule has 8 nitrogen and oxygen atoms in total. The van der Waals surface area contributed by atoms with E-state index in [1.165, 1.54) is 0 Å². The van der Waals surface area contributed by atoms with Crippen molar-refractivity contribution < 1.29 is 19.1 Å². The number of ether oxygens (including phenoxy) is 1. The summed E-state index contributed by atoms with van der Waals surface area (Å²) in [5.74, 6) is -0.734. The molecule has 0 unspecified atom stereocenters. The van der Waals surface area contributed by atoms with Crippen LogP contribution in [-0.2, 0) is 14.3 Å². The summed E-state index contributed by atoms with van der Waals surface area (Å²) in [5, 5.41) is 2.91. The van der Waals surface area contributed by atoms with Crippen LogP contribution in [0, 0.1) is 5.92 Å². The Balaban J connectivity index is 1.60. The Bertz CT molecular complexity index is 703. The number of carbonyl (C=O) groups excluding carboxylic acids is 3. The molecule has 3 rings (SSSR count). The Morgan fingerprint density at radius 2 is 1.96 bits per heavy atom. The predicted molar refractivity (Wildman–Crippen MR) is 100 cm³/mol. The average Bonchev–Trinajstić information content (AvgIpc) is 2.68. The SMILES string of the molecule is NC(=O)CN1CCC[C@H](C(=O)Nc2cccc(C(=O)N3CCOCC3)c2)C1. The van der Waals surface area contributed by atoms with Crippen molar-refractivity contribution >= 4 is 23.4 Å². The molecule has 3 amide bonds. The van der Waals surface area contributed by atoms with Crippen LogP contribution >= 0.6 is 0 Å². The quantitative estimate of drug-likeness (QED) is 0.771. The first-order valence-corrected chi connectivity index (χ1v) is 9.31. The van der Waals surface area contributed by atoms with Gasteiger partial charge in [-0.25, -0.2) is 0 Å². The van der Waals surface area contributed by atoms with Gasteiger partial charge in [0.2, 0.25) is 11.8 Å². The number of amides is 3. The summed E-state index contributed by atoms with van der Waals surface area (Å²) < 4.78 is 5.28. The summed E-state index contributed by atoms with van der Waals surface area (Å²) in [5.41, 5.74) is 6.40. The third-order valence-electron chi connectivity index (χ3n) is 4.93. The summed E-state index contributed by atoms with van der Waals surface area (Å²) >= 11 is 0. The Kier molecular flexibility index (Phi) is 6.41. The molecule has 2 fully saturated rings. The van der Waals surface area contributed by atoms with Gasteiger partial charge in [0.1, 0.15) is 0 Å². The Labute approximate surface area is 158 Å². The van der Waals surface area contributed by atoms with Crippen LogP contribution < -0.4 is 11.1 Å². The number of anilines is 1. The number of carbonyl (C=O) groups is 3. The van der Waals surface area contributed by atoms with E-state index >= 15 is 0 Å². The molecule has 2 saturated heterocycles. The number of piperidine rings is 1. The van der Waals surface area contributed by atoms with Gasteiger partial charge in [0.25, 0.3) is 5.91 Å². The lowest BCUT2D eigenvalue weighted by molar-refractivity contribution is -0.124. The topological polar surface area (TPSA) is 105 Å². The number of morpholine rings is 1. The van der Waals surface area contributed by atoms with Crippen molar-refractivity contribution in [3.05, 3.63) is 29.8 Å². The normalized spacial score (nSPS) is 20.9. The van der Waals surface area contributed by atoms with Gasteiger partial charge in [0.05, 0.1) is 25.7 Å². The number of rotatable bonds is 5. The van der Waals surface area contributed by atoms with Crippen molar-refractivity contribution in [3.63, 3.8) is 0 Å². The van der Waals surface area contributed by atoms with Crippen LogP contribution in [0.3, 0.4) is 0 Å². The van der Waals surface area contributed by atoms with Gasteiger partial charge < -0.3 is 20.7 Å². The fraction of sp³-hybridized carbons (Fsp3) is 0.526. The number of nitrogens with one attached hydrogen (secondary N) is 1. The maximum Gasteiger partial charge on any atom is 0.254 e. The summed E-state index contributed by atoms with van der Waals surface area (Å²) in [4.78, 5) is 40.0. The van der Waals surface area contributed by atoms with Gasteiger partial charge in [0.15, 0.2) is 0 Å². The Morgan fingerprint density at radius 1 is 1.19 bits per heavy atom. The first-order valence-electron chi connectivity index (χ1n) is 9.31. The average molecular weight is 374 g/mol. The number of hydrogen-bond acceptors (Lipinski definition) is 5. The Morgan fingerprint density at radius 3 is 2.70 bits per heavy atom. The first kappa shape index (κ1) is 19.3. The predicted octanol–water partition coefficient (Wildman–Crippen LogP) is 0.295. The second-order valence-electron chi connectivity index (χ2n) is 7.02. The van der Waals surface area contributed by atoms with Gasteiger partial charge in [-0.3, -0.25) is 19.3 Å². The number of nitrogens with two attached hydrogens (primary N) is 1. The van der Waals surface area contributed by atoms with Gasteiger partial charge >= 0.3 is 0 Å². The van der Waals surface area contributed by atoms with Crippen molar-refractivity contribution in [1.82, 2.24) is 9.80 Å². The van der Waals surface area contributed by atoms with Crippen LogP contribution in [0.25, 0.3) is 0 Å². The van der Waals surface area contributed by atoms with Gasteiger partial charge in [-0.2, -0.15) is 0 Å². The molecule has 0 aliphatic carbocycles. The third-order valence-corrected chi connectivity index (χ3v) is 4.93. The van der Waals surface area contributed by atoms with E-state index in [9.17, 15) is 14.4 Å². The highest BCUT2D eigenvalue weighted by Gasteiger charge is 2.26. The number of primary amides is 1. The van der Waals surface area contributed by atoms with Crippen LogP contribution in [0.2, 0.25) is 0 Å². The highest BCUT2D eigenvalue weighted by Crippen LogP contribution is 2.20. The van der Waals surface area contributed by atoms with E-state index in [2.05, 4.69) is 5.32 Å². The molecule has 1 aromatic rings. The zero-order valence-electron chi connectivity index (χ0n) is 15.4. The smallest absolute Gasteiger partial charge is 0.254 e. The highest BCUT2D eigenvalue weighted by atomic mass is 16.5. The van der Waals surface area contributed by atoms with Crippen LogP contribution in [0.4, 0.5) is 5.69 Å². The van der Waals surface area contributed by atoms with Crippen LogP contribution in [0.1, 0.15) is 23.2 Å². The molecule has 2 aliphatic rings. The van der Waals surface area contributed by atoms with E-state index in [4.69, 9.17) is 10.5 Å². The van der Waals surface area contributed by atoms with Crippen molar-refractivity contribution in [2.24, 2.45) is 11.7 Å². The van der Waals surface area contributed by atoms with Gasteiger partial charge in [0, 0.05) is 30.9 Å². The maximum atomic E-state index is 12.6. The standard InChI is InChI=1S/C19H26N4O4/c20-17(24)13-22-6-2-4-15(12-22)18(25)21-16-5-1-3-14(11-16)19(26)23-7-9-27-10-8-23/h1,3,5,11,15H,2,4,6-10,12-13H2,(H2,20,24)(H,21,25)/t15-/m0/s1. The largest absolute Gasteiger partial charge is 0.378 e. The lowest BCUT2D eigenvalue weighted by Gasteiger charge is -2.31. The molecule has 8 heteroatoms. The molecule has 1 aromatic carbocycles. The van der Waals surface area contributed by atoms with E-state index in [0.29, 0.717) is 44.1 Å². The number of hydrogen-bond donors (Lipinski definition) is 2. The van der Waals surface area contributed by atoms with Crippen molar-refractivity contribution in [3.8, 4) is 0 Å².